The zero-order valence-corrected chi connectivity index (χ0v) is 17.9. The maximum absolute atomic E-state index is 2.53. The summed E-state index contributed by atoms with van der Waals surface area (Å²) in [4.78, 5) is 0. The molecule has 29 heavy (non-hydrogen) atoms. The van der Waals surface area contributed by atoms with Gasteiger partial charge in [-0.15, -0.1) is 0 Å². The van der Waals surface area contributed by atoms with Gasteiger partial charge >= 0.3 is 0 Å². The highest BCUT2D eigenvalue weighted by atomic mass is 14.6. The fourth-order valence-electron chi connectivity index (χ4n) is 9.67. The lowest BCUT2D eigenvalue weighted by atomic mass is 9.73. The Morgan fingerprint density at radius 1 is 0.483 bits per heavy atom. The lowest BCUT2D eigenvalue weighted by Crippen LogP contribution is -2.25. The average Bonchev–Trinajstić information content (AvgIpc) is 3.63. The van der Waals surface area contributed by atoms with Gasteiger partial charge in [0.25, 0.3) is 0 Å². The lowest BCUT2D eigenvalue weighted by Gasteiger charge is -2.31. The van der Waals surface area contributed by atoms with Crippen LogP contribution in [0.15, 0.2) is 48.6 Å². The highest BCUT2D eigenvalue weighted by molar-refractivity contribution is 5.22. The van der Waals surface area contributed by atoms with Gasteiger partial charge < -0.3 is 0 Å². The van der Waals surface area contributed by atoms with E-state index in [0.29, 0.717) is 0 Å². The SMILES string of the molecule is C1=CC2C3C=CC(C3)C2C1.C1=CC2CC1C1C3CCC(C3)C21.C1=CC2CCC1C2. The summed E-state index contributed by atoms with van der Waals surface area (Å²) in [6.07, 6.45) is 33.0. The van der Waals surface area contributed by atoms with E-state index in [1.165, 1.54) is 38.5 Å². The van der Waals surface area contributed by atoms with Gasteiger partial charge in [0.1, 0.15) is 0 Å². The molecule has 0 N–H and O–H groups in total. The quantitative estimate of drug-likeness (QED) is 0.305. The zero-order valence-electron chi connectivity index (χ0n) is 17.9. The Kier molecular flexibility index (Phi) is 4.09. The van der Waals surface area contributed by atoms with Crippen molar-refractivity contribution in [2.24, 2.45) is 71.0 Å². The van der Waals surface area contributed by atoms with Gasteiger partial charge in [-0.3, -0.25) is 0 Å². The molecule has 154 valence electrons. The molecule has 9 aliphatic carbocycles. The van der Waals surface area contributed by atoms with E-state index in [1.807, 2.05) is 0 Å². The number of hydrogen-bond acceptors (Lipinski definition) is 0. The topological polar surface area (TPSA) is 0 Å². The van der Waals surface area contributed by atoms with Crippen LogP contribution in [0.1, 0.15) is 57.8 Å². The molecule has 0 aromatic carbocycles. The van der Waals surface area contributed by atoms with E-state index in [9.17, 15) is 0 Å². The Bertz CT molecular complexity index is 731. The summed E-state index contributed by atoms with van der Waals surface area (Å²) in [5, 5.41) is 0. The average molecular weight is 387 g/mol. The smallest absolute Gasteiger partial charge is 0.0133 e. The Balaban J connectivity index is 0.0000000821. The Morgan fingerprint density at radius 3 is 1.69 bits per heavy atom. The summed E-state index contributed by atoms with van der Waals surface area (Å²) in [6, 6.07) is 0. The number of allylic oxidation sites excluding steroid dienone is 8. The van der Waals surface area contributed by atoms with E-state index >= 15 is 0 Å². The highest BCUT2D eigenvalue weighted by Crippen LogP contribution is 2.65. The van der Waals surface area contributed by atoms with E-state index < -0.39 is 0 Å². The third-order valence-electron chi connectivity index (χ3n) is 10.8. The third-order valence-corrected chi connectivity index (χ3v) is 10.8. The minimum atomic E-state index is 0.925. The molecule has 5 fully saturated rings. The van der Waals surface area contributed by atoms with Crippen LogP contribution in [0, 0.1) is 71.0 Å². The molecule has 9 aliphatic rings. The predicted molar refractivity (Wildman–Crippen MR) is 120 cm³/mol. The first-order chi connectivity index (χ1) is 14.3. The Morgan fingerprint density at radius 2 is 1.10 bits per heavy atom. The minimum absolute atomic E-state index is 0.925. The van der Waals surface area contributed by atoms with E-state index in [0.717, 1.165) is 71.0 Å². The highest BCUT2D eigenvalue weighted by Gasteiger charge is 2.57. The summed E-state index contributed by atoms with van der Waals surface area (Å²) in [5.41, 5.74) is 0. The fourth-order valence-corrected chi connectivity index (χ4v) is 9.67. The fraction of sp³-hybridized carbons (Fsp3) is 0.724. The maximum Gasteiger partial charge on any atom is -0.0133 e. The molecular formula is C29H38. The number of hydrogen-bond donors (Lipinski definition) is 0. The van der Waals surface area contributed by atoms with Crippen LogP contribution >= 0.6 is 0 Å². The van der Waals surface area contributed by atoms with Crippen LogP contribution in [-0.2, 0) is 0 Å². The van der Waals surface area contributed by atoms with E-state index in [4.69, 9.17) is 0 Å². The minimum Gasteiger partial charge on any atom is -0.0879 e. The monoisotopic (exact) mass is 386 g/mol. The van der Waals surface area contributed by atoms with Crippen LogP contribution in [0.5, 0.6) is 0 Å². The van der Waals surface area contributed by atoms with Gasteiger partial charge in [0.2, 0.25) is 0 Å². The van der Waals surface area contributed by atoms with Crippen molar-refractivity contribution in [1.29, 1.82) is 0 Å². The van der Waals surface area contributed by atoms with Crippen molar-refractivity contribution in [2.75, 3.05) is 0 Å². The Labute approximate surface area is 177 Å². The van der Waals surface area contributed by atoms with Crippen molar-refractivity contribution in [3.63, 3.8) is 0 Å². The van der Waals surface area contributed by atoms with Gasteiger partial charge in [-0.05, 0) is 129 Å². The van der Waals surface area contributed by atoms with Gasteiger partial charge in [0, 0.05) is 0 Å². The van der Waals surface area contributed by atoms with Crippen LogP contribution in [0.3, 0.4) is 0 Å². The third kappa shape index (κ3) is 2.76. The second kappa shape index (κ2) is 6.73. The summed E-state index contributed by atoms with van der Waals surface area (Å²) >= 11 is 0. The molecule has 0 heterocycles. The Hall–Kier alpha value is -1.04. The molecule has 0 spiro atoms. The van der Waals surface area contributed by atoms with Crippen molar-refractivity contribution in [3.05, 3.63) is 48.6 Å². The van der Waals surface area contributed by atoms with Crippen LogP contribution in [0.25, 0.3) is 0 Å². The van der Waals surface area contributed by atoms with Crippen LogP contribution in [0.2, 0.25) is 0 Å². The van der Waals surface area contributed by atoms with E-state index in [-0.39, 0.29) is 0 Å². The van der Waals surface area contributed by atoms with Crippen molar-refractivity contribution >= 4 is 0 Å². The molecule has 0 heteroatoms. The maximum atomic E-state index is 2.53. The predicted octanol–water partition coefficient (Wildman–Crippen LogP) is 7.21. The molecule has 9 rings (SSSR count). The zero-order chi connectivity index (χ0) is 18.9. The standard InChI is InChI=1S/C12H16.C10H12.C7H10/c1-2-8-5-7(1)11-9-3-4-10(6-9)12(8)11;1-2-9-7-4-5-8(6-7)10(9)3-1;1-2-7-4-3-6(1)5-7/h1-2,7-12H,3-6H2;1-2,4-5,7-10H,3,6H2;1-2,6-7H,3-5H2. The van der Waals surface area contributed by atoms with Crippen molar-refractivity contribution in [2.45, 2.75) is 57.8 Å². The molecule has 0 aliphatic heterocycles. The van der Waals surface area contributed by atoms with E-state index in [2.05, 4.69) is 48.6 Å². The summed E-state index contributed by atoms with van der Waals surface area (Å²) in [5.74, 6) is 12.5. The molecule has 8 bridgehead atoms. The molecule has 0 aromatic rings. The normalized spacial score (nSPS) is 56.6. The number of fused-ring (bicyclic) bond motifs is 16. The molecule has 12 unspecified atom stereocenters. The van der Waals surface area contributed by atoms with Crippen molar-refractivity contribution in [3.8, 4) is 0 Å². The first-order valence-electron chi connectivity index (χ1n) is 13.0. The van der Waals surface area contributed by atoms with Crippen molar-refractivity contribution in [1.82, 2.24) is 0 Å². The second-order valence-electron chi connectivity index (χ2n) is 12.0. The summed E-state index contributed by atoms with van der Waals surface area (Å²) in [6.45, 7) is 0. The first kappa shape index (κ1) is 17.6. The van der Waals surface area contributed by atoms with Crippen molar-refractivity contribution < 1.29 is 0 Å². The lowest BCUT2D eigenvalue weighted by molar-refractivity contribution is 0.206. The van der Waals surface area contributed by atoms with Gasteiger partial charge in [0.05, 0.1) is 0 Å². The summed E-state index contributed by atoms with van der Waals surface area (Å²) < 4.78 is 0. The molecule has 0 radical (unpaired) electrons. The molecule has 0 saturated heterocycles. The molecule has 0 nitrogen and oxygen atoms in total. The van der Waals surface area contributed by atoms with Crippen LogP contribution < -0.4 is 0 Å². The molecule has 12 atom stereocenters. The van der Waals surface area contributed by atoms with Crippen LogP contribution in [0.4, 0.5) is 0 Å². The van der Waals surface area contributed by atoms with Gasteiger partial charge in [-0.1, -0.05) is 48.6 Å². The largest absolute Gasteiger partial charge is 0.0879 e. The first-order valence-corrected chi connectivity index (χ1v) is 13.0. The van der Waals surface area contributed by atoms with Gasteiger partial charge in [-0.25, -0.2) is 0 Å². The number of rotatable bonds is 0. The summed E-state index contributed by atoms with van der Waals surface area (Å²) in [7, 11) is 0. The van der Waals surface area contributed by atoms with Gasteiger partial charge in [-0.2, -0.15) is 0 Å². The van der Waals surface area contributed by atoms with E-state index in [1.54, 1.807) is 19.3 Å². The molecule has 5 saturated carbocycles. The van der Waals surface area contributed by atoms with Crippen LogP contribution in [-0.4, -0.2) is 0 Å². The van der Waals surface area contributed by atoms with Gasteiger partial charge in [0.15, 0.2) is 0 Å². The second-order valence-corrected chi connectivity index (χ2v) is 12.0. The molecule has 0 amide bonds. The molecule has 0 aromatic heterocycles. The molecular weight excluding hydrogens is 348 g/mol.